The van der Waals surface area contributed by atoms with Crippen molar-refractivity contribution < 1.29 is 9.21 Å². The van der Waals surface area contributed by atoms with Gasteiger partial charge in [0.25, 0.3) is 0 Å². The van der Waals surface area contributed by atoms with Gasteiger partial charge in [-0.25, -0.2) is 10.9 Å². The molecule has 0 radical (unpaired) electrons. The number of rotatable bonds is 4. The van der Waals surface area contributed by atoms with Crippen LogP contribution >= 0.6 is 0 Å². The Morgan fingerprint density at radius 3 is 2.68 bits per heavy atom. The average molecular weight is 299 g/mol. The molecule has 3 rings (SSSR count). The number of hydrazine groups is 1. The van der Waals surface area contributed by atoms with Crippen LogP contribution in [0.3, 0.4) is 0 Å². The van der Waals surface area contributed by atoms with E-state index in [9.17, 15) is 4.79 Å². The summed E-state index contributed by atoms with van der Waals surface area (Å²) in [7, 11) is 0. The number of aryl methyl sites for hydroxylation is 1. The van der Waals surface area contributed by atoms with Gasteiger partial charge in [0.2, 0.25) is 5.91 Å². The lowest BCUT2D eigenvalue weighted by molar-refractivity contribution is -0.123. The molecule has 2 aromatic rings. The standard InChI is InChI=1S/C17H21N3O2/c1-11-8-9-16(22-11)12(2)18-17(21)15-10-14(19-20-15)13-6-4-3-5-7-13/h3-9,12,14-15,19-20H,10H2,1-2H3,(H,18,21). The molecule has 3 atom stereocenters. The third-order valence-electron chi connectivity index (χ3n) is 3.97. The van der Waals surface area contributed by atoms with E-state index in [2.05, 4.69) is 28.3 Å². The van der Waals surface area contributed by atoms with E-state index >= 15 is 0 Å². The summed E-state index contributed by atoms with van der Waals surface area (Å²) in [6.45, 7) is 3.82. The summed E-state index contributed by atoms with van der Waals surface area (Å²) in [6.07, 6.45) is 0.722. The number of nitrogens with one attached hydrogen (secondary N) is 3. The van der Waals surface area contributed by atoms with Gasteiger partial charge in [0.05, 0.1) is 6.04 Å². The largest absolute Gasteiger partial charge is 0.464 e. The first-order valence-electron chi connectivity index (χ1n) is 7.56. The van der Waals surface area contributed by atoms with Crippen LogP contribution in [0.15, 0.2) is 46.9 Å². The molecule has 22 heavy (non-hydrogen) atoms. The zero-order valence-electron chi connectivity index (χ0n) is 12.8. The molecule has 0 aliphatic carbocycles. The number of hydrogen-bond donors (Lipinski definition) is 3. The van der Waals surface area contributed by atoms with Crippen molar-refractivity contribution in [1.29, 1.82) is 0 Å². The van der Waals surface area contributed by atoms with Crippen molar-refractivity contribution in [3.05, 3.63) is 59.5 Å². The molecule has 0 bridgehead atoms. The predicted octanol–water partition coefficient (Wildman–Crippen LogP) is 2.37. The average Bonchev–Trinajstić information content (AvgIpc) is 3.17. The predicted molar refractivity (Wildman–Crippen MR) is 83.9 cm³/mol. The van der Waals surface area contributed by atoms with Crippen LogP contribution in [0, 0.1) is 6.92 Å². The number of furan rings is 1. The lowest BCUT2D eigenvalue weighted by Gasteiger charge is -2.15. The van der Waals surface area contributed by atoms with Gasteiger partial charge in [-0.3, -0.25) is 4.79 Å². The van der Waals surface area contributed by atoms with Crippen LogP contribution in [0.5, 0.6) is 0 Å². The van der Waals surface area contributed by atoms with Gasteiger partial charge < -0.3 is 9.73 Å². The van der Waals surface area contributed by atoms with E-state index in [4.69, 9.17) is 4.42 Å². The Hall–Kier alpha value is -2.11. The Balaban J connectivity index is 1.57. The minimum absolute atomic E-state index is 0.0208. The van der Waals surface area contributed by atoms with Gasteiger partial charge in [0.1, 0.15) is 17.6 Å². The molecule has 1 aromatic heterocycles. The molecule has 2 heterocycles. The van der Waals surface area contributed by atoms with Gasteiger partial charge >= 0.3 is 0 Å². The second-order valence-corrected chi connectivity index (χ2v) is 5.72. The maximum absolute atomic E-state index is 12.4. The number of amides is 1. The first-order chi connectivity index (χ1) is 10.6. The number of carbonyl (C=O) groups excluding carboxylic acids is 1. The first kappa shape index (κ1) is 14.8. The van der Waals surface area contributed by atoms with E-state index in [1.807, 2.05) is 44.2 Å². The molecule has 1 aliphatic heterocycles. The van der Waals surface area contributed by atoms with Crippen molar-refractivity contribution in [2.24, 2.45) is 0 Å². The van der Waals surface area contributed by atoms with E-state index in [1.54, 1.807) is 0 Å². The molecule has 0 spiro atoms. The van der Waals surface area contributed by atoms with Gasteiger partial charge in [0.15, 0.2) is 0 Å². The van der Waals surface area contributed by atoms with Crippen LogP contribution in [-0.2, 0) is 4.79 Å². The summed E-state index contributed by atoms with van der Waals surface area (Å²) >= 11 is 0. The lowest BCUT2D eigenvalue weighted by Crippen LogP contribution is -2.43. The molecule has 1 aromatic carbocycles. The van der Waals surface area contributed by atoms with E-state index in [0.29, 0.717) is 0 Å². The zero-order valence-corrected chi connectivity index (χ0v) is 12.8. The van der Waals surface area contributed by atoms with Gasteiger partial charge in [-0.1, -0.05) is 30.3 Å². The Morgan fingerprint density at radius 1 is 1.23 bits per heavy atom. The summed E-state index contributed by atoms with van der Waals surface area (Å²) in [4.78, 5) is 12.4. The Morgan fingerprint density at radius 2 is 2.00 bits per heavy atom. The number of carbonyl (C=O) groups is 1. The summed E-state index contributed by atoms with van der Waals surface area (Å²) in [5.41, 5.74) is 7.44. The summed E-state index contributed by atoms with van der Waals surface area (Å²) in [6, 6.07) is 13.7. The normalized spacial score (nSPS) is 22.5. The van der Waals surface area contributed by atoms with Crippen LogP contribution in [-0.4, -0.2) is 11.9 Å². The van der Waals surface area contributed by atoms with Gasteiger partial charge in [-0.05, 0) is 38.0 Å². The third-order valence-corrected chi connectivity index (χ3v) is 3.97. The summed E-state index contributed by atoms with van der Waals surface area (Å²) < 4.78 is 5.55. The molecule has 3 unspecified atom stereocenters. The smallest absolute Gasteiger partial charge is 0.239 e. The van der Waals surface area contributed by atoms with Crippen LogP contribution in [0.4, 0.5) is 0 Å². The minimum atomic E-state index is -0.247. The van der Waals surface area contributed by atoms with Crippen LogP contribution in [0.25, 0.3) is 0 Å². The van der Waals surface area contributed by atoms with E-state index in [1.165, 1.54) is 5.56 Å². The van der Waals surface area contributed by atoms with E-state index < -0.39 is 0 Å². The monoisotopic (exact) mass is 299 g/mol. The van der Waals surface area contributed by atoms with Crippen molar-refractivity contribution in [1.82, 2.24) is 16.2 Å². The van der Waals surface area contributed by atoms with E-state index in [-0.39, 0.29) is 24.0 Å². The Bertz CT molecular complexity index is 638. The molecule has 1 aliphatic rings. The maximum Gasteiger partial charge on any atom is 0.239 e. The highest BCUT2D eigenvalue weighted by Crippen LogP contribution is 2.22. The molecular weight excluding hydrogens is 278 g/mol. The molecule has 116 valence electrons. The fourth-order valence-corrected chi connectivity index (χ4v) is 2.70. The number of benzene rings is 1. The summed E-state index contributed by atoms with van der Waals surface area (Å²) in [5, 5.41) is 2.99. The molecule has 5 heteroatoms. The van der Waals surface area contributed by atoms with Crippen molar-refractivity contribution >= 4 is 5.91 Å². The van der Waals surface area contributed by atoms with Crippen molar-refractivity contribution in [3.8, 4) is 0 Å². The molecule has 5 nitrogen and oxygen atoms in total. The highest BCUT2D eigenvalue weighted by atomic mass is 16.3. The van der Waals surface area contributed by atoms with E-state index in [0.717, 1.165) is 17.9 Å². The second kappa shape index (κ2) is 6.34. The molecule has 0 saturated carbocycles. The fraction of sp³-hybridized carbons (Fsp3) is 0.353. The topological polar surface area (TPSA) is 66.3 Å². The van der Waals surface area contributed by atoms with Crippen molar-refractivity contribution in [3.63, 3.8) is 0 Å². The van der Waals surface area contributed by atoms with Crippen LogP contribution < -0.4 is 16.2 Å². The highest BCUT2D eigenvalue weighted by Gasteiger charge is 2.30. The molecular formula is C17H21N3O2. The van der Waals surface area contributed by atoms with Gasteiger partial charge in [-0.2, -0.15) is 0 Å². The zero-order chi connectivity index (χ0) is 15.5. The molecule has 1 saturated heterocycles. The Labute approximate surface area is 130 Å². The maximum atomic E-state index is 12.4. The minimum Gasteiger partial charge on any atom is -0.464 e. The molecule has 1 fully saturated rings. The first-order valence-corrected chi connectivity index (χ1v) is 7.56. The second-order valence-electron chi connectivity index (χ2n) is 5.72. The van der Waals surface area contributed by atoms with Crippen LogP contribution in [0.2, 0.25) is 0 Å². The highest BCUT2D eigenvalue weighted by molar-refractivity contribution is 5.82. The molecule has 3 N–H and O–H groups in total. The van der Waals surface area contributed by atoms with Crippen molar-refractivity contribution in [2.45, 2.75) is 38.4 Å². The molecule has 1 amide bonds. The Kier molecular flexibility index (Phi) is 4.27. The lowest BCUT2D eigenvalue weighted by atomic mass is 10.0. The third kappa shape index (κ3) is 3.21. The quantitative estimate of drug-likeness (QED) is 0.811. The fourth-order valence-electron chi connectivity index (χ4n) is 2.70. The number of hydrogen-bond acceptors (Lipinski definition) is 4. The summed E-state index contributed by atoms with van der Waals surface area (Å²) in [5.74, 6) is 1.60. The van der Waals surface area contributed by atoms with Gasteiger partial charge in [-0.15, -0.1) is 0 Å². The van der Waals surface area contributed by atoms with Crippen molar-refractivity contribution in [2.75, 3.05) is 0 Å². The SMILES string of the molecule is Cc1ccc(C(C)NC(=O)C2CC(c3ccccc3)NN2)o1. The van der Waals surface area contributed by atoms with Crippen LogP contribution in [0.1, 0.15) is 42.5 Å². The van der Waals surface area contributed by atoms with Gasteiger partial charge in [0, 0.05) is 6.04 Å².